The Hall–Kier alpha value is -3.29. The highest BCUT2D eigenvalue weighted by Crippen LogP contribution is 2.51. The number of ketones is 2. The third-order valence-corrected chi connectivity index (χ3v) is 8.48. The first kappa shape index (κ1) is 31.6. The van der Waals surface area contributed by atoms with Crippen molar-refractivity contribution in [3.63, 3.8) is 0 Å². The number of hydrogen-bond donors (Lipinski definition) is 1. The number of aryl methyl sites for hydroxylation is 1. The van der Waals surface area contributed by atoms with Crippen molar-refractivity contribution in [1.29, 1.82) is 0 Å². The minimum Gasteiger partial charge on any atom is -0.490 e. The van der Waals surface area contributed by atoms with Crippen molar-refractivity contribution in [2.45, 2.75) is 65.2 Å². The number of carbonyl (C=O) groups is 3. The minimum atomic E-state index is -0.474. The number of likely N-dealkylation sites (N-methyl/N-ethyl adjacent to an activating group) is 1. The molecule has 0 spiro atoms. The smallest absolute Gasteiger partial charge is 0.257 e. The third kappa shape index (κ3) is 6.68. The number of Topliss-reactive ketones (excluding diaryl/α,β-unsaturated/α-hetero) is 2. The molecule has 3 aliphatic rings. The highest BCUT2D eigenvalue weighted by atomic mass is 35.5. The third-order valence-electron chi connectivity index (χ3n) is 7.77. The van der Waals surface area contributed by atoms with Gasteiger partial charge in [0.25, 0.3) is 5.91 Å². The molecule has 224 valence electrons. The molecule has 0 fully saturated rings. The van der Waals surface area contributed by atoms with E-state index in [4.69, 9.17) is 32.7 Å². The van der Waals surface area contributed by atoms with Gasteiger partial charge in [0.2, 0.25) is 0 Å². The fourth-order valence-electron chi connectivity index (χ4n) is 5.85. The average Bonchev–Trinajstić information content (AvgIpc) is 2.97. The Bertz CT molecular complexity index is 1370. The molecule has 5 rings (SSSR count). The molecule has 9 heteroatoms. The van der Waals surface area contributed by atoms with Gasteiger partial charge < -0.3 is 19.7 Å². The second-order valence-electron chi connectivity index (χ2n) is 10.4. The molecule has 2 aliphatic carbocycles. The summed E-state index contributed by atoms with van der Waals surface area (Å²) in [5.74, 6) is 0.0722. The van der Waals surface area contributed by atoms with Crippen LogP contribution < -0.4 is 14.8 Å². The maximum Gasteiger partial charge on any atom is 0.257 e. The molecule has 42 heavy (non-hydrogen) atoms. The van der Waals surface area contributed by atoms with E-state index in [0.29, 0.717) is 36.3 Å². The maximum atomic E-state index is 13.3. The molecule has 7 nitrogen and oxygen atoms in total. The van der Waals surface area contributed by atoms with Crippen LogP contribution in [0.1, 0.15) is 69.4 Å². The summed E-state index contributed by atoms with van der Waals surface area (Å²) in [5, 5.41) is 3.63. The van der Waals surface area contributed by atoms with Crippen molar-refractivity contribution in [2.24, 2.45) is 0 Å². The number of carbonyl (C=O) groups excluding carboxylic acids is 3. The van der Waals surface area contributed by atoms with Crippen LogP contribution in [-0.4, -0.2) is 49.2 Å². The van der Waals surface area contributed by atoms with E-state index >= 15 is 0 Å². The van der Waals surface area contributed by atoms with Crippen molar-refractivity contribution >= 4 is 40.7 Å². The number of amides is 1. The van der Waals surface area contributed by atoms with Crippen LogP contribution in [0.3, 0.4) is 0 Å². The first-order valence-electron chi connectivity index (χ1n) is 14.5. The number of rotatable bonds is 7. The van der Waals surface area contributed by atoms with E-state index in [1.165, 1.54) is 7.05 Å². The van der Waals surface area contributed by atoms with Crippen LogP contribution in [0, 0.1) is 6.92 Å². The van der Waals surface area contributed by atoms with Gasteiger partial charge in [-0.25, -0.2) is 0 Å². The summed E-state index contributed by atoms with van der Waals surface area (Å²) < 4.78 is 11.5. The highest BCUT2D eigenvalue weighted by Gasteiger charge is 2.43. The Balaban J connectivity index is 0.000000437. The van der Waals surface area contributed by atoms with Crippen LogP contribution >= 0.6 is 23.2 Å². The lowest BCUT2D eigenvalue weighted by Crippen LogP contribution is -2.39. The van der Waals surface area contributed by atoms with Crippen molar-refractivity contribution < 1.29 is 23.9 Å². The maximum absolute atomic E-state index is 13.3. The standard InChI is InChI=1S/C26H31ClN2O5.C7H7Cl/c1-4-29-17-8-6-10-19(30)24(17)23(25-18(29)9-7-11-20(25)31)15-12-16(27)26(21(13-15)33-5-2)34-14-22(32)28-3;1-6-4-2-3-5-7(6)8/h12-13,23H,4-11,14H2,1-3H3,(H,28,32);2-5H,1H3. The van der Waals surface area contributed by atoms with Crippen LogP contribution in [0.5, 0.6) is 11.5 Å². The van der Waals surface area contributed by atoms with Gasteiger partial charge in [-0.2, -0.15) is 0 Å². The van der Waals surface area contributed by atoms with Crippen molar-refractivity contribution in [3.05, 3.63) is 80.1 Å². The summed E-state index contributed by atoms with van der Waals surface area (Å²) in [4.78, 5) is 40.5. The van der Waals surface area contributed by atoms with Gasteiger partial charge in [-0.15, -0.1) is 0 Å². The Morgan fingerprint density at radius 1 is 0.929 bits per heavy atom. The lowest BCUT2D eigenvalue weighted by Gasteiger charge is -2.43. The van der Waals surface area contributed by atoms with E-state index in [9.17, 15) is 14.4 Å². The fraction of sp³-hybridized carbons (Fsp3) is 0.424. The van der Waals surface area contributed by atoms with E-state index in [1.54, 1.807) is 12.1 Å². The average molecular weight is 614 g/mol. The lowest BCUT2D eigenvalue weighted by molar-refractivity contribution is -0.122. The number of nitrogens with one attached hydrogen (secondary N) is 1. The molecule has 2 aromatic carbocycles. The summed E-state index contributed by atoms with van der Waals surface area (Å²) in [6, 6.07) is 11.3. The molecule has 0 saturated heterocycles. The number of allylic oxidation sites excluding steroid dienone is 4. The minimum absolute atomic E-state index is 0.0867. The summed E-state index contributed by atoms with van der Waals surface area (Å²) in [6.45, 7) is 6.79. The number of nitrogens with zero attached hydrogens (tertiary/aromatic N) is 1. The Morgan fingerprint density at radius 3 is 2.05 bits per heavy atom. The fourth-order valence-corrected chi connectivity index (χ4v) is 6.26. The summed E-state index contributed by atoms with van der Waals surface area (Å²) >= 11 is 12.4. The van der Waals surface area contributed by atoms with Gasteiger partial charge in [0.15, 0.2) is 29.7 Å². The molecule has 0 saturated carbocycles. The van der Waals surface area contributed by atoms with Crippen molar-refractivity contribution in [3.8, 4) is 11.5 Å². The second-order valence-corrected chi connectivity index (χ2v) is 11.2. The van der Waals surface area contributed by atoms with Crippen LogP contribution in [0.2, 0.25) is 10.0 Å². The number of halogens is 2. The SMILES string of the molecule is CCOc1cc(C2C3=C(CCCC3=O)N(CC)C3=C2C(=O)CCC3)cc(Cl)c1OCC(=O)NC.Cc1ccccc1Cl. The monoisotopic (exact) mass is 612 g/mol. The summed E-state index contributed by atoms with van der Waals surface area (Å²) in [6.07, 6.45) is 4.21. The molecule has 2 aromatic rings. The molecule has 1 aliphatic heterocycles. The molecule has 1 N–H and O–H groups in total. The van der Waals surface area contributed by atoms with Gasteiger partial charge in [-0.05, 0) is 75.8 Å². The summed E-state index contributed by atoms with van der Waals surface area (Å²) in [5.41, 5.74) is 5.35. The first-order chi connectivity index (χ1) is 20.2. The number of hydrogen-bond acceptors (Lipinski definition) is 6. The quantitative estimate of drug-likeness (QED) is 0.364. The van der Waals surface area contributed by atoms with Crippen molar-refractivity contribution in [1.82, 2.24) is 10.2 Å². The van der Waals surface area contributed by atoms with E-state index in [0.717, 1.165) is 59.8 Å². The van der Waals surface area contributed by atoms with E-state index in [2.05, 4.69) is 17.1 Å². The van der Waals surface area contributed by atoms with Gasteiger partial charge in [0.1, 0.15) is 0 Å². The largest absolute Gasteiger partial charge is 0.490 e. The van der Waals surface area contributed by atoms with E-state index < -0.39 is 5.92 Å². The number of ether oxygens (including phenoxy) is 2. The lowest BCUT2D eigenvalue weighted by atomic mass is 9.71. The molecule has 1 heterocycles. The molecular weight excluding hydrogens is 575 g/mol. The molecule has 0 aromatic heterocycles. The Morgan fingerprint density at radius 2 is 1.55 bits per heavy atom. The number of benzene rings is 2. The molecule has 1 amide bonds. The second kappa shape index (κ2) is 14.3. The molecular formula is C33H38Cl2N2O5. The molecule has 0 atom stereocenters. The first-order valence-corrected chi connectivity index (χ1v) is 15.3. The van der Waals surface area contributed by atoms with Gasteiger partial charge in [0, 0.05) is 59.9 Å². The zero-order valence-corrected chi connectivity index (χ0v) is 26.2. The van der Waals surface area contributed by atoms with Gasteiger partial charge in [0.05, 0.1) is 11.6 Å². The Kier molecular flexibility index (Phi) is 10.7. The zero-order valence-electron chi connectivity index (χ0n) is 24.6. The van der Waals surface area contributed by atoms with E-state index in [-0.39, 0.29) is 34.9 Å². The van der Waals surface area contributed by atoms with Gasteiger partial charge in [-0.3, -0.25) is 14.4 Å². The van der Waals surface area contributed by atoms with Crippen molar-refractivity contribution in [2.75, 3.05) is 26.8 Å². The molecule has 0 radical (unpaired) electrons. The summed E-state index contributed by atoms with van der Waals surface area (Å²) in [7, 11) is 1.53. The molecule has 0 bridgehead atoms. The topological polar surface area (TPSA) is 84.9 Å². The van der Waals surface area contributed by atoms with Crippen LogP contribution in [-0.2, 0) is 14.4 Å². The van der Waals surface area contributed by atoms with Crippen LogP contribution in [0.15, 0.2) is 58.9 Å². The van der Waals surface area contributed by atoms with Crippen LogP contribution in [0.25, 0.3) is 0 Å². The van der Waals surface area contributed by atoms with E-state index in [1.807, 2.05) is 38.1 Å². The predicted octanol–water partition coefficient (Wildman–Crippen LogP) is 6.95. The van der Waals surface area contributed by atoms with Crippen LogP contribution in [0.4, 0.5) is 0 Å². The van der Waals surface area contributed by atoms with Gasteiger partial charge in [-0.1, -0.05) is 41.4 Å². The predicted molar refractivity (Wildman–Crippen MR) is 165 cm³/mol. The highest BCUT2D eigenvalue weighted by molar-refractivity contribution is 6.32. The molecule has 0 unspecified atom stereocenters. The Labute approximate surface area is 257 Å². The zero-order chi connectivity index (χ0) is 30.4. The normalized spacial score (nSPS) is 16.9. The van der Waals surface area contributed by atoms with Gasteiger partial charge >= 0.3 is 0 Å².